The number of hydrogen-bond donors (Lipinski definition) is 2. The maximum absolute atomic E-state index is 12.4. The SMILES string of the molecule is Cc1cc(Cl)ccc1NC(=O)CCNS(=O)(=O)c1ccc2ccccc2c1. The summed E-state index contributed by atoms with van der Waals surface area (Å²) >= 11 is 5.89. The number of amides is 1. The first kappa shape index (κ1) is 19.4. The van der Waals surface area contributed by atoms with Crippen LogP contribution in [0.1, 0.15) is 12.0 Å². The summed E-state index contributed by atoms with van der Waals surface area (Å²) in [4.78, 5) is 12.2. The van der Waals surface area contributed by atoms with Crippen LogP contribution in [0.3, 0.4) is 0 Å². The molecule has 5 nitrogen and oxygen atoms in total. The van der Waals surface area contributed by atoms with E-state index in [-0.39, 0.29) is 23.8 Å². The molecule has 0 aliphatic carbocycles. The lowest BCUT2D eigenvalue weighted by Gasteiger charge is -2.10. The highest BCUT2D eigenvalue weighted by Crippen LogP contribution is 2.20. The summed E-state index contributed by atoms with van der Waals surface area (Å²) in [5.74, 6) is -0.276. The molecule has 0 spiro atoms. The fourth-order valence-corrected chi connectivity index (χ4v) is 3.99. The van der Waals surface area contributed by atoms with E-state index in [0.717, 1.165) is 16.3 Å². The third-order valence-electron chi connectivity index (χ3n) is 4.14. The lowest BCUT2D eigenvalue weighted by Crippen LogP contribution is -2.28. The molecule has 0 aliphatic rings. The molecule has 0 saturated carbocycles. The predicted octanol–water partition coefficient (Wildman–Crippen LogP) is 4.11. The van der Waals surface area contributed by atoms with E-state index in [1.807, 2.05) is 31.2 Å². The van der Waals surface area contributed by atoms with Gasteiger partial charge in [0.25, 0.3) is 0 Å². The molecule has 0 aromatic heterocycles. The molecule has 27 heavy (non-hydrogen) atoms. The average molecular weight is 403 g/mol. The van der Waals surface area contributed by atoms with Gasteiger partial charge < -0.3 is 5.32 Å². The first-order valence-electron chi connectivity index (χ1n) is 8.40. The Morgan fingerprint density at radius 2 is 1.74 bits per heavy atom. The van der Waals surface area contributed by atoms with Crippen molar-refractivity contribution in [2.24, 2.45) is 0 Å². The summed E-state index contributed by atoms with van der Waals surface area (Å²) in [6.45, 7) is 1.84. The monoisotopic (exact) mass is 402 g/mol. The number of sulfonamides is 1. The zero-order valence-electron chi connectivity index (χ0n) is 14.7. The molecule has 7 heteroatoms. The Morgan fingerprint density at radius 1 is 1.00 bits per heavy atom. The van der Waals surface area contributed by atoms with Gasteiger partial charge in [0, 0.05) is 23.7 Å². The summed E-state index contributed by atoms with van der Waals surface area (Å²) in [6, 6.07) is 17.6. The van der Waals surface area contributed by atoms with Gasteiger partial charge in [0.2, 0.25) is 15.9 Å². The van der Waals surface area contributed by atoms with Gasteiger partial charge in [0.15, 0.2) is 0 Å². The first-order valence-corrected chi connectivity index (χ1v) is 10.3. The Morgan fingerprint density at radius 3 is 2.48 bits per heavy atom. The average Bonchev–Trinajstić information content (AvgIpc) is 2.63. The predicted molar refractivity (Wildman–Crippen MR) is 109 cm³/mol. The number of anilines is 1. The number of rotatable bonds is 6. The molecule has 0 radical (unpaired) electrons. The van der Waals surface area contributed by atoms with Gasteiger partial charge in [0.05, 0.1) is 4.90 Å². The van der Waals surface area contributed by atoms with Crippen molar-refractivity contribution in [3.05, 3.63) is 71.2 Å². The summed E-state index contributed by atoms with van der Waals surface area (Å²) in [7, 11) is -3.68. The second kappa shape index (κ2) is 8.08. The Hall–Kier alpha value is -2.41. The van der Waals surface area contributed by atoms with Gasteiger partial charge in [-0.2, -0.15) is 0 Å². The minimum Gasteiger partial charge on any atom is -0.326 e. The maximum atomic E-state index is 12.4. The van der Waals surface area contributed by atoms with E-state index in [1.54, 1.807) is 36.4 Å². The lowest BCUT2D eigenvalue weighted by molar-refractivity contribution is -0.116. The Labute approximate surface area is 163 Å². The molecule has 3 aromatic carbocycles. The third-order valence-corrected chi connectivity index (χ3v) is 5.83. The molecule has 3 aromatic rings. The lowest BCUT2D eigenvalue weighted by atomic mass is 10.1. The normalized spacial score (nSPS) is 11.5. The van der Waals surface area contributed by atoms with Gasteiger partial charge >= 0.3 is 0 Å². The van der Waals surface area contributed by atoms with Crippen molar-refractivity contribution < 1.29 is 13.2 Å². The van der Waals surface area contributed by atoms with E-state index in [9.17, 15) is 13.2 Å². The van der Waals surface area contributed by atoms with Crippen LogP contribution in [-0.4, -0.2) is 20.9 Å². The summed E-state index contributed by atoms with van der Waals surface area (Å²) < 4.78 is 27.4. The van der Waals surface area contributed by atoms with Crippen molar-refractivity contribution in [1.82, 2.24) is 4.72 Å². The van der Waals surface area contributed by atoms with Crippen LogP contribution in [0.4, 0.5) is 5.69 Å². The highest BCUT2D eigenvalue weighted by molar-refractivity contribution is 7.89. The molecule has 1 amide bonds. The smallest absolute Gasteiger partial charge is 0.240 e. The first-order chi connectivity index (χ1) is 12.8. The fourth-order valence-electron chi connectivity index (χ4n) is 2.70. The number of carbonyl (C=O) groups is 1. The van der Waals surface area contributed by atoms with E-state index >= 15 is 0 Å². The standard InChI is InChI=1S/C20H19ClN2O3S/c1-14-12-17(21)7-9-19(14)23-20(24)10-11-22-27(25,26)18-8-6-15-4-2-3-5-16(15)13-18/h2-9,12-13,22H,10-11H2,1H3,(H,23,24). The van der Waals surface area contributed by atoms with Crippen molar-refractivity contribution in [3.8, 4) is 0 Å². The van der Waals surface area contributed by atoms with Gasteiger partial charge in [-0.05, 0) is 53.6 Å². The molecular formula is C20H19ClN2O3S. The topological polar surface area (TPSA) is 75.3 Å². The number of hydrogen-bond acceptors (Lipinski definition) is 3. The zero-order valence-corrected chi connectivity index (χ0v) is 16.3. The van der Waals surface area contributed by atoms with Crippen molar-refractivity contribution in [2.45, 2.75) is 18.2 Å². The molecule has 0 bridgehead atoms. The Bertz CT molecular complexity index is 1100. The van der Waals surface area contributed by atoms with Crippen LogP contribution >= 0.6 is 11.6 Å². The number of benzene rings is 3. The van der Waals surface area contributed by atoms with Crippen molar-refractivity contribution in [2.75, 3.05) is 11.9 Å². The molecule has 0 saturated heterocycles. The second-order valence-electron chi connectivity index (χ2n) is 6.16. The minimum atomic E-state index is -3.68. The molecule has 0 fully saturated rings. The van der Waals surface area contributed by atoms with E-state index in [2.05, 4.69) is 10.0 Å². The number of carbonyl (C=O) groups excluding carboxylic acids is 1. The van der Waals surface area contributed by atoms with Gasteiger partial charge in [-0.1, -0.05) is 41.9 Å². The molecular weight excluding hydrogens is 384 g/mol. The van der Waals surface area contributed by atoms with Gasteiger partial charge in [-0.15, -0.1) is 0 Å². The number of fused-ring (bicyclic) bond motifs is 1. The van der Waals surface area contributed by atoms with Crippen LogP contribution in [-0.2, 0) is 14.8 Å². The highest BCUT2D eigenvalue weighted by Gasteiger charge is 2.15. The number of aryl methyl sites for hydroxylation is 1. The molecule has 140 valence electrons. The quantitative estimate of drug-likeness (QED) is 0.651. The van der Waals surface area contributed by atoms with Crippen LogP contribution in [0, 0.1) is 6.92 Å². The maximum Gasteiger partial charge on any atom is 0.240 e. The van der Waals surface area contributed by atoms with E-state index < -0.39 is 10.0 Å². The Balaban J connectivity index is 1.60. The summed E-state index contributed by atoms with van der Waals surface area (Å²) in [6.07, 6.45) is 0.0227. The summed E-state index contributed by atoms with van der Waals surface area (Å²) in [5.41, 5.74) is 1.49. The largest absolute Gasteiger partial charge is 0.326 e. The minimum absolute atomic E-state index is 0.00757. The fraction of sp³-hybridized carbons (Fsp3) is 0.150. The molecule has 0 heterocycles. The van der Waals surface area contributed by atoms with Crippen LogP contribution < -0.4 is 10.0 Å². The second-order valence-corrected chi connectivity index (χ2v) is 8.37. The molecule has 0 unspecified atom stereocenters. The van der Waals surface area contributed by atoms with Gasteiger partial charge in [0.1, 0.15) is 0 Å². The molecule has 0 aliphatic heterocycles. The number of nitrogens with one attached hydrogen (secondary N) is 2. The number of halogens is 1. The van der Waals surface area contributed by atoms with Crippen LogP contribution in [0.25, 0.3) is 10.8 Å². The molecule has 2 N–H and O–H groups in total. The van der Waals surface area contributed by atoms with Crippen molar-refractivity contribution in [1.29, 1.82) is 0 Å². The van der Waals surface area contributed by atoms with Crippen molar-refractivity contribution in [3.63, 3.8) is 0 Å². The molecule has 0 atom stereocenters. The van der Waals surface area contributed by atoms with E-state index in [0.29, 0.717) is 10.7 Å². The summed E-state index contributed by atoms with van der Waals surface area (Å²) in [5, 5.41) is 5.16. The zero-order chi connectivity index (χ0) is 19.4. The van der Waals surface area contributed by atoms with Gasteiger partial charge in [-0.3, -0.25) is 4.79 Å². The van der Waals surface area contributed by atoms with E-state index in [1.165, 1.54) is 0 Å². The van der Waals surface area contributed by atoms with Crippen LogP contribution in [0.5, 0.6) is 0 Å². The third kappa shape index (κ3) is 4.86. The molecule has 3 rings (SSSR count). The van der Waals surface area contributed by atoms with E-state index in [4.69, 9.17) is 11.6 Å². The highest BCUT2D eigenvalue weighted by atomic mass is 35.5. The van der Waals surface area contributed by atoms with Crippen LogP contribution in [0.2, 0.25) is 5.02 Å². The van der Waals surface area contributed by atoms with Gasteiger partial charge in [-0.25, -0.2) is 13.1 Å². The van der Waals surface area contributed by atoms with Crippen LogP contribution in [0.15, 0.2) is 65.6 Å². The Kier molecular flexibility index (Phi) is 5.79. The van der Waals surface area contributed by atoms with Crippen molar-refractivity contribution >= 4 is 44.0 Å².